The molecule has 3 rings (SSSR count). The number of rotatable bonds is 6. The van der Waals surface area contributed by atoms with Gasteiger partial charge in [-0.05, 0) is 56.3 Å². The predicted octanol–water partition coefficient (Wildman–Crippen LogP) is 1.91. The fourth-order valence-electron chi connectivity index (χ4n) is 4.62. The molecule has 6 heteroatoms. The van der Waals surface area contributed by atoms with Gasteiger partial charge in [-0.3, -0.25) is 9.69 Å². The van der Waals surface area contributed by atoms with Crippen LogP contribution in [0.4, 0.5) is 4.39 Å². The van der Waals surface area contributed by atoms with E-state index in [1.807, 2.05) is 4.90 Å². The van der Waals surface area contributed by atoms with E-state index < -0.39 is 0 Å². The summed E-state index contributed by atoms with van der Waals surface area (Å²) >= 11 is 0. The van der Waals surface area contributed by atoms with Crippen LogP contribution in [-0.4, -0.2) is 84.7 Å². The van der Waals surface area contributed by atoms with E-state index in [1.54, 1.807) is 19.1 Å². The van der Waals surface area contributed by atoms with Crippen molar-refractivity contribution in [2.24, 2.45) is 5.92 Å². The topological polar surface area (TPSA) is 47.0 Å². The molecule has 28 heavy (non-hydrogen) atoms. The number of carbonyl (C=O) groups is 1. The Morgan fingerprint density at radius 2 is 1.96 bits per heavy atom. The number of nitrogens with zero attached hydrogens (tertiary/aromatic N) is 3. The molecule has 0 aromatic heterocycles. The summed E-state index contributed by atoms with van der Waals surface area (Å²) in [6, 6.07) is 5.42. The number of likely N-dealkylation sites (N-methyl/N-ethyl adjacent to an activating group) is 1. The normalized spacial score (nSPS) is 24.5. The molecule has 2 saturated heterocycles. The highest BCUT2D eigenvalue weighted by atomic mass is 19.1. The molecule has 1 N–H and O–H groups in total. The van der Waals surface area contributed by atoms with E-state index in [0.29, 0.717) is 23.9 Å². The average molecular weight is 392 g/mol. The monoisotopic (exact) mass is 391 g/mol. The Morgan fingerprint density at radius 1 is 1.21 bits per heavy atom. The maximum atomic E-state index is 13.5. The molecule has 0 saturated carbocycles. The van der Waals surface area contributed by atoms with Gasteiger partial charge in [-0.25, -0.2) is 4.39 Å². The van der Waals surface area contributed by atoms with Crippen LogP contribution in [0, 0.1) is 18.7 Å². The minimum absolute atomic E-state index is 0.122. The minimum atomic E-state index is -0.228. The molecule has 2 heterocycles. The third kappa shape index (κ3) is 5.31. The van der Waals surface area contributed by atoms with Crippen molar-refractivity contribution >= 4 is 5.91 Å². The first-order valence-corrected chi connectivity index (χ1v) is 10.5. The number of carbonyl (C=O) groups excluding carboxylic acids is 1. The SMILES string of the molecule is Cc1cc(CC(=O)N2CC[C@@H](N3CCN(C)CC3)[C@@H](CCCO)C2)ccc1F. The van der Waals surface area contributed by atoms with Gasteiger partial charge in [-0.2, -0.15) is 0 Å². The molecule has 1 aromatic carbocycles. The van der Waals surface area contributed by atoms with E-state index >= 15 is 0 Å². The summed E-state index contributed by atoms with van der Waals surface area (Å²) in [5.74, 6) is 0.299. The fourth-order valence-corrected chi connectivity index (χ4v) is 4.62. The molecule has 1 amide bonds. The third-order valence-electron chi connectivity index (χ3n) is 6.36. The first-order valence-electron chi connectivity index (χ1n) is 10.5. The van der Waals surface area contributed by atoms with Crippen molar-refractivity contribution < 1.29 is 14.3 Å². The van der Waals surface area contributed by atoms with Gasteiger partial charge in [0.25, 0.3) is 0 Å². The highest BCUT2D eigenvalue weighted by Crippen LogP contribution is 2.27. The molecular formula is C22H34FN3O2. The zero-order valence-corrected chi connectivity index (χ0v) is 17.2. The van der Waals surface area contributed by atoms with Crippen LogP contribution in [0.3, 0.4) is 0 Å². The van der Waals surface area contributed by atoms with Crippen molar-refractivity contribution in [1.82, 2.24) is 14.7 Å². The first kappa shape index (κ1) is 21.2. The summed E-state index contributed by atoms with van der Waals surface area (Å²) in [5, 5.41) is 9.32. The van der Waals surface area contributed by atoms with E-state index in [0.717, 1.165) is 64.1 Å². The smallest absolute Gasteiger partial charge is 0.227 e. The summed E-state index contributed by atoms with van der Waals surface area (Å²) in [4.78, 5) is 19.8. The lowest BCUT2D eigenvalue weighted by Crippen LogP contribution is -2.57. The summed E-state index contributed by atoms with van der Waals surface area (Å²) in [7, 11) is 2.17. The van der Waals surface area contributed by atoms with Gasteiger partial charge in [0.15, 0.2) is 0 Å². The molecule has 0 spiro atoms. The molecular weight excluding hydrogens is 357 g/mol. The Labute approximate surface area is 168 Å². The predicted molar refractivity (Wildman–Crippen MR) is 109 cm³/mol. The van der Waals surface area contributed by atoms with Gasteiger partial charge in [-0.15, -0.1) is 0 Å². The number of piperazine rings is 1. The van der Waals surface area contributed by atoms with Gasteiger partial charge in [0.1, 0.15) is 5.82 Å². The second-order valence-electron chi connectivity index (χ2n) is 8.42. The van der Waals surface area contributed by atoms with Crippen LogP contribution in [0.1, 0.15) is 30.4 Å². The van der Waals surface area contributed by atoms with E-state index in [-0.39, 0.29) is 18.3 Å². The maximum absolute atomic E-state index is 13.5. The third-order valence-corrected chi connectivity index (χ3v) is 6.36. The van der Waals surface area contributed by atoms with Gasteiger partial charge in [-0.1, -0.05) is 12.1 Å². The Kier molecular flexibility index (Phi) is 7.43. The van der Waals surface area contributed by atoms with E-state index in [2.05, 4.69) is 16.8 Å². The van der Waals surface area contributed by atoms with E-state index in [1.165, 1.54) is 6.07 Å². The number of aryl methyl sites for hydroxylation is 1. The number of benzene rings is 1. The number of aliphatic hydroxyl groups excluding tert-OH is 1. The van der Waals surface area contributed by atoms with Crippen molar-refractivity contribution in [3.05, 3.63) is 35.1 Å². The lowest BCUT2D eigenvalue weighted by atomic mass is 9.86. The Morgan fingerprint density at radius 3 is 2.64 bits per heavy atom. The molecule has 2 aliphatic heterocycles. The first-order chi connectivity index (χ1) is 13.5. The van der Waals surface area contributed by atoms with Crippen molar-refractivity contribution in [1.29, 1.82) is 0 Å². The van der Waals surface area contributed by atoms with Crippen LogP contribution in [0.15, 0.2) is 18.2 Å². The second-order valence-corrected chi connectivity index (χ2v) is 8.42. The highest BCUT2D eigenvalue weighted by molar-refractivity contribution is 5.79. The van der Waals surface area contributed by atoms with Crippen LogP contribution in [-0.2, 0) is 11.2 Å². The number of halogens is 1. The number of piperidine rings is 1. The van der Waals surface area contributed by atoms with Gasteiger partial charge in [0, 0.05) is 51.9 Å². The van der Waals surface area contributed by atoms with Crippen molar-refractivity contribution in [3.63, 3.8) is 0 Å². The summed E-state index contributed by atoms with van der Waals surface area (Å²) in [6.07, 6.45) is 3.06. The van der Waals surface area contributed by atoms with Gasteiger partial charge < -0.3 is 14.9 Å². The molecule has 1 aromatic rings. The summed E-state index contributed by atoms with van der Waals surface area (Å²) in [5.41, 5.74) is 1.46. The quantitative estimate of drug-likeness (QED) is 0.805. The number of likely N-dealkylation sites (tertiary alicyclic amines) is 1. The molecule has 2 aliphatic rings. The molecule has 0 aliphatic carbocycles. The number of aliphatic hydroxyl groups is 1. The van der Waals surface area contributed by atoms with Crippen molar-refractivity contribution in [3.8, 4) is 0 Å². The lowest BCUT2D eigenvalue weighted by molar-refractivity contribution is -0.133. The molecule has 0 bridgehead atoms. The minimum Gasteiger partial charge on any atom is -0.396 e. The number of hydrogen-bond acceptors (Lipinski definition) is 4. The fraction of sp³-hybridized carbons (Fsp3) is 0.682. The van der Waals surface area contributed by atoms with Gasteiger partial charge >= 0.3 is 0 Å². The largest absolute Gasteiger partial charge is 0.396 e. The lowest BCUT2D eigenvalue weighted by Gasteiger charge is -2.46. The second kappa shape index (κ2) is 9.81. The summed E-state index contributed by atoms with van der Waals surface area (Å²) < 4.78 is 13.5. The van der Waals surface area contributed by atoms with Gasteiger partial charge in [0.2, 0.25) is 5.91 Å². The number of amides is 1. The highest BCUT2D eigenvalue weighted by Gasteiger charge is 2.35. The van der Waals surface area contributed by atoms with Crippen LogP contribution < -0.4 is 0 Å². The zero-order valence-electron chi connectivity index (χ0n) is 17.2. The van der Waals surface area contributed by atoms with Crippen molar-refractivity contribution in [2.75, 3.05) is 52.9 Å². The zero-order chi connectivity index (χ0) is 20.1. The van der Waals surface area contributed by atoms with E-state index in [9.17, 15) is 14.3 Å². The Bertz CT molecular complexity index is 661. The van der Waals surface area contributed by atoms with Gasteiger partial charge in [0.05, 0.1) is 6.42 Å². The number of hydrogen-bond donors (Lipinski definition) is 1. The van der Waals surface area contributed by atoms with Crippen LogP contribution >= 0.6 is 0 Å². The van der Waals surface area contributed by atoms with Crippen LogP contribution in [0.2, 0.25) is 0 Å². The standard InChI is InChI=1S/C22H34FN3O2/c1-17-14-18(5-6-20(17)23)15-22(28)26-8-7-21(19(16-26)4-3-13-27)25-11-9-24(2)10-12-25/h5-6,14,19,21,27H,3-4,7-13,15-16H2,1-2H3/t19-,21+/m0/s1. The Balaban J connectivity index is 1.62. The molecule has 2 atom stereocenters. The molecule has 0 radical (unpaired) electrons. The average Bonchev–Trinajstić information content (AvgIpc) is 2.69. The molecule has 5 nitrogen and oxygen atoms in total. The molecule has 2 fully saturated rings. The van der Waals surface area contributed by atoms with Crippen LogP contribution in [0.5, 0.6) is 0 Å². The van der Waals surface area contributed by atoms with Crippen LogP contribution in [0.25, 0.3) is 0 Å². The Hall–Kier alpha value is -1.50. The van der Waals surface area contributed by atoms with E-state index in [4.69, 9.17) is 0 Å². The van der Waals surface area contributed by atoms with Crippen molar-refractivity contribution in [2.45, 2.75) is 38.6 Å². The molecule has 0 unspecified atom stereocenters. The molecule has 156 valence electrons. The summed E-state index contributed by atoms with van der Waals surface area (Å²) in [6.45, 7) is 7.83. The maximum Gasteiger partial charge on any atom is 0.227 e.